The molecule has 118 valence electrons. The zero-order chi connectivity index (χ0) is 15.5. The molecule has 1 unspecified atom stereocenters. The molecular formula is C14H17F3O3S. The summed E-state index contributed by atoms with van der Waals surface area (Å²) >= 11 is 1.65. The van der Waals surface area contributed by atoms with Gasteiger partial charge in [0, 0.05) is 16.4 Å². The molecule has 0 saturated carbocycles. The molecule has 1 heterocycles. The van der Waals surface area contributed by atoms with Gasteiger partial charge in [-0.25, -0.2) is 0 Å². The lowest BCUT2D eigenvalue weighted by Gasteiger charge is -2.40. The van der Waals surface area contributed by atoms with Gasteiger partial charge in [-0.2, -0.15) is 11.8 Å². The van der Waals surface area contributed by atoms with Crippen LogP contribution in [0.2, 0.25) is 0 Å². The van der Waals surface area contributed by atoms with Crippen molar-refractivity contribution in [3.05, 3.63) is 29.8 Å². The predicted molar refractivity (Wildman–Crippen MR) is 74.3 cm³/mol. The van der Waals surface area contributed by atoms with E-state index in [2.05, 4.69) is 4.74 Å². The highest BCUT2D eigenvalue weighted by molar-refractivity contribution is 7.99. The van der Waals surface area contributed by atoms with Gasteiger partial charge in [0.25, 0.3) is 0 Å². The second-order valence-corrected chi connectivity index (χ2v) is 6.55. The summed E-state index contributed by atoms with van der Waals surface area (Å²) in [6.07, 6.45) is -4.67. The van der Waals surface area contributed by atoms with Gasteiger partial charge in [-0.05, 0) is 24.6 Å². The van der Waals surface area contributed by atoms with Crippen molar-refractivity contribution in [2.45, 2.75) is 18.5 Å². The fourth-order valence-electron chi connectivity index (χ4n) is 1.95. The monoisotopic (exact) mass is 322 g/mol. The summed E-state index contributed by atoms with van der Waals surface area (Å²) in [7, 11) is 0. The third-order valence-electron chi connectivity index (χ3n) is 3.37. The van der Waals surface area contributed by atoms with Gasteiger partial charge >= 0.3 is 6.36 Å². The summed E-state index contributed by atoms with van der Waals surface area (Å²) in [5, 5.41) is 9.47. The van der Waals surface area contributed by atoms with Crippen LogP contribution in [-0.2, 0) is 4.74 Å². The van der Waals surface area contributed by atoms with E-state index in [0.29, 0.717) is 13.2 Å². The summed E-state index contributed by atoms with van der Waals surface area (Å²) in [5.41, 5.74) is 0.751. The minimum absolute atomic E-state index is 0.0884. The first-order valence-electron chi connectivity index (χ1n) is 6.49. The molecule has 2 rings (SSSR count). The Labute approximate surface area is 125 Å². The third-order valence-corrected chi connectivity index (χ3v) is 4.93. The van der Waals surface area contributed by atoms with E-state index in [1.54, 1.807) is 23.9 Å². The Morgan fingerprint density at radius 1 is 1.33 bits per heavy atom. The van der Waals surface area contributed by atoms with Crippen LogP contribution in [0.15, 0.2) is 24.3 Å². The molecule has 0 bridgehead atoms. The molecule has 0 aromatic heterocycles. The van der Waals surface area contributed by atoms with E-state index < -0.39 is 6.36 Å². The topological polar surface area (TPSA) is 38.7 Å². The van der Waals surface area contributed by atoms with E-state index in [-0.39, 0.29) is 23.0 Å². The van der Waals surface area contributed by atoms with Gasteiger partial charge in [-0.15, -0.1) is 13.2 Å². The van der Waals surface area contributed by atoms with Crippen LogP contribution in [0.1, 0.15) is 17.7 Å². The number of hydrogen-bond acceptors (Lipinski definition) is 4. The predicted octanol–water partition coefficient (Wildman–Crippen LogP) is 3.39. The van der Waals surface area contributed by atoms with Crippen molar-refractivity contribution >= 4 is 11.8 Å². The minimum Gasteiger partial charge on any atom is -0.406 e. The first-order chi connectivity index (χ1) is 9.84. The van der Waals surface area contributed by atoms with E-state index in [1.165, 1.54) is 12.1 Å². The molecule has 0 radical (unpaired) electrons. The second kappa shape index (κ2) is 6.46. The number of aliphatic hydroxyl groups is 1. The van der Waals surface area contributed by atoms with Gasteiger partial charge in [0.2, 0.25) is 0 Å². The average Bonchev–Trinajstić information content (AvgIpc) is 2.36. The normalized spacial score (nSPS) is 18.9. The van der Waals surface area contributed by atoms with Crippen molar-refractivity contribution in [2.24, 2.45) is 5.41 Å². The maximum atomic E-state index is 12.1. The standard InChI is InChI=1S/C14H17F3O3S/c1-10(21-9-13(6-18)7-19-8-13)11-2-4-12(5-3-11)20-14(15,16)17/h2-5,10,18H,6-9H2,1H3. The number of halogens is 3. The Morgan fingerprint density at radius 2 is 1.95 bits per heavy atom. The summed E-state index contributed by atoms with van der Waals surface area (Å²) in [6.45, 7) is 3.18. The molecule has 3 nitrogen and oxygen atoms in total. The molecule has 7 heteroatoms. The highest BCUT2D eigenvalue weighted by atomic mass is 32.2. The first kappa shape index (κ1) is 16.5. The van der Waals surface area contributed by atoms with Gasteiger partial charge in [0.15, 0.2) is 0 Å². The smallest absolute Gasteiger partial charge is 0.406 e. The van der Waals surface area contributed by atoms with E-state index in [1.807, 2.05) is 6.92 Å². The second-order valence-electron chi connectivity index (χ2n) is 5.22. The fourth-order valence-corrected chi connectivity index (χ4v) is 3.16. The summed E-state index contributed by atoms with van der Waals surface area (Å²) < 4.78 is 45.2. The number of alkyl halides is 3. The van der Waals surface area contributed by atoms with Crippen molar-refractivity contribution in [1.82, 2.24) is 0 Å². The fraction of sp³-hybridized carbons (Fsp3) is 0.571. The van der Waals surface area contributed by atoms with Crippen molar-refractivity contribution in [3.63, 3.8) is 0 Å². The van der Waals surface area contributed by atoms with Gasteiger partial charge < -0.3 is 14.6 Å². The lowest BCUT2D eigenvalue weighted by Crippen LogP contribution is -2.47. The Balaban J connectivity index is 1.89. The van der Waals surface area contributed by atoms with Crippen LogP contribution in [0, 0.1) is 5.41 Å². The van der Waals surface area contributed by atoms with Crippen LogP contribution in [0.3, 0.4) is 0 Å². The molecule has 1 aliphatic heterocycles. The van der Waals surface area contributed by atoms with Crippen LogP contribution < -0.4 is 4.74 Å². The van der Waals surface area contributed by atoms with Crippen LogP contribution in [0.25, 0.3) is 0 Å². The maximum absolute atomic E-state index is 12.1. The van der Waals surface area contributed by atoms with E-state index in [9.17, 15) is 18.3 Å². The molecular weight excluding hydrogens is 305 g/mol. The SMILES string of the molecule is CC(SCC1(CO)COC1)c1ccc(OC(F)(F)F)cc1. The van der Waals surface area contributed by atoms with Crippen molar-refractivity contribution in [3.8, 4) is 5.75 Å². The van der Waals surface area contributed by atoms with Gasteiger partial charge in [0.1, 0.15) is 5.75 Å². The maximum Gasteiger partial charge on any atom is 0.573 e. The Kier molecular flexibility index (Phi) is 5.06. The minimum atomic E-state index is -4.67. The number of thioether (sulfide) groups is 1. The highest BCUT2D eigenvalue weighted by Crippen LogP contribution is 2.38. The summed E-state index contributed by atoms with van der Waals surface area (Å²) in [4.78, 5) is 0. The number of rotatable bonds is 6. The molecule has 1 N–H and O–H groups in total. The lowest BCUT2D eigenvalue weighted by molar-refractivity contribution is -0.274. The Hall–Kier alpha value is -0.920. The van der Waals surface area contributed by atoms with E-state index in [0.717, 1.165) is 11.3 Å². The van der Waals surface area contributed by atoms with Crippen molar-refractivity contribution < 1.29 is 27.8 Å². The molecule has 0 aliphatic carbocycles. The zero-order valence-corrected chi connectivity index (χ0v) is 12.3. The van der Waals surface area contributed by atoms with Gasteiger partial charge in [-0.3, -0.25) is 0 Å². The van der Waals surface area contributed by atoms with Crippen LogP contribution >= 0.6 is 11.8 Å². The quantitative estimate of drug-likeness (QED) is 0.871. The Morgan fingerprint density at radius 3 is 2.38 bits per heavy atom. The number of hydrogen-bond donors (Lipinski definition) is 1. The number of benzene rings is 1. The molecule has 0 spiro atoms. The van der Waals surface area contributed by atoms with E-state index >= 15 is 0 Å². The molecule has 1 saturated heterocycles. The molecule has 1 aliphatic rings. The van der Waals surface area contributed by atoms with E-state index in [4.69, 9.17) is 4.74 Å². The molecule has 1 aromatic rings. The van der Waals surface area contributed by atoms with Crippen molar-refractivity contribution in [1.29, 1.82) is 0 Å². The largest absolute Gasteiger partial charge is 0.573 e. The van der Waals surface area contributed by atoms with Gasteiger partial charge in [0.05, 0.1) is 19.8 Å². The lowest BCUT2D eigenvalue weighted by atomic mass is 9.90. The number of ether oxygens (including phenoxy) is 2. The average molecular weight is 322 g/mol. The van der Waals surface area contributed by atoms with Crippen LogP contribution in [-0.4, -0.2) is 37.0 Å². The van der Waals surface area contributed by atoms with Crippen molar-refractivity contribution in [2.75, 3.05) is 25.6 Å². The highest BCUT2D eigenvalue weighted by Gasteiger charge is 2.38. The van der Waals surface area contributed by atoms with Crippen LogP contribution in [0.4, 0.5) is 13.2 Å². The number of aliphatic hydroxyl groups excluding tert-OH is 1. The Bertz CT molecular complexity index is 452. The molecule has 0 amide bonds. The van der Waals surface area contributed by atoms with Crippen LogP contribution in [0.5, 0.6) is 5.75 Å². The first-order valence-corrected chi connectivity index (χ1v) is 7.54. The third kappa shape index (κ3) is 4.52. The summed E-state index contributed by atoms with van der Waals surface area (Å²) in [5.74, 6) is 0.536. The zero-order valence-electron chi connectivity index (χ0n) is 11.5. The summed E-state index contributed by atoms with van der Waals surface area (Å²) in [6, 6.07) is 5.88. The molecule has 1 fully saturated rings. The molecule has 1 aromatic carbocycles. The van der Waals surface area contributed by atoms with Gasteiger partial charge in [-0.1, -0.05) is 12.1 Å². The molecule has 21 heavy (non-hydrogen) atoms. The molecule has 1 atom stereocenters.